The van der Waals surface area contributed by atoms with Crippen LogP contribution in [0.1, 0.15) is 34.6 Å². The van der Waals surface area contributed by atoms with Gasteiger partial charge in [-0.15, -0.1) is 11.3 Å². The molecule has 1 aromatic carbocycles. The second-order valence-corrected chi connectivity index (χ2v) is 5.10. The van der Waals surface area contributed by atoms with Crippen LogP contribution in [0.25, 0.3) is 0 Å². The van der Waals surface area contributed by atoms with Crippen LogP contribution in [0.2, 0.25) is 0 Å². The van der Waals surface area contributed by atoms with E-state index in [4.69, 9.17) is 5.11 Å². The molecule has 1 aromatic heterocycles. The van der Waals surface area contributed by atoms with Crippen LogP contribution >= 0.6 is 11.3 Å². The van der Waals surface area contributed by atoms with Gasteiger partial charge in [-0.2, -0.15) is 0 Å². The second kappa shape index (κ2) is 5.84. The number of carbonyl (C=O) groups is 1. The Bertz CT molecular complexity index is 569. The summed E-state index contributed by atoms with van der Waals surface area (Å²) in [6.07, 6.45) is 0.820. The van der Waals surface area contributed by atoms with E-state index in [9.17, 15) is 9.18 Å². The van der Waals surface area contributed by atoms with Gasteiger partial charge in [0.25, 0.3) is 0 Å². The summed E-state index contributed by atoms with van der Waals surface area (Å²) in [6.45, 7) is 2.01. The molecule has 2 rings (SSSR count). The molecule has 1 atom stereocenters. The monoisotopic (exact) mass is 279 g/mol. The standard InChI is InChI=1S/C14H14FNO2S/c1-2-11(13-4-3-7-19-13)16-12-6-5-9(14(17)18)8-10(12)15/h3-8,11,16H,2H2,1H3,(H,17,18). The van der Waals surface area contributed by atoms with Gasteiger partial charge in [0.1, 0.15) is 5.82 Å². The predicted molar refractivity (Wildman–Crippen MR) is 74.3 cm³/mol. The topological polar surface area (TPSA) is 49.3 Å². The summed E-state index contributed by atoms with van der Waals surface area (Å²) in [7, 11) is 0. The Labute approximate surface area is 114 Å². The molecule has 0 bridgehead atoms. The number of hydrogen-bond acceptors (Lipinski definition) is 3. The number of hydrogen-bond donors (Lipinski definition) is 2. The molecule has 3 nitrogen and oxygen atoms in total. The maximum atomic E-state index is 13.8. The van der Waals surface area contributed by atoms with Crippen molar-refractivity contribution in [2.75, 3.05) is 5.32 Å². The van der Waals surface area contributed by atoms with E-state index < -0.39 is 11.8 Å². The quantitative estimate of drug-likeness (QED) is 0.864. The van der Waals surface area contributed by atoms with E-state index >= 15 is 0 Å². The molecule has 1 heterocycles. The number of carboxylic acid groups (broad SMARTS) is 1. The van der Waals surface area contributed by atoms with Crippen molar-refractivity contribution in [3.8, 4) is 0 Å². The molecule has 0 amide bonds. The van der Waals surface area contributed by atoms with Crippen molar-refractivity contribution in [3.05, 3.63) is 52.0 Å². The largest absolute Gasteiger partial charge is 0.478 e. The lowest BCUT2D eigenvalue weighted by atomic mass is 10.1. The van der Waals surface area contributed by atoms with E-state index in [1.165, 1.54) is 12.1 Å². The normalized spacial score (nSPS) is 12.1. The Kier molecular flexibility index (Phi) is 4.16. The molecule has 100 valence electrons. The van der Waals surface area contributed by atoms with E-state index in [0.717, 1.165) is 17.4 Å². The van der Waals surface area contributed by atoms with Crippen molar-refractivity contribution in [2.45, 2.75) is 19.4 Å². The van der Waals surface area contributed by atoms with Gasteiger partial charge in [0.15, 0.2) is 0 Å². The molecular formula is C14H14FNO2S. The fourth-order valence-electron chi connectivity index (χ4n) is 1.82. The van der Waals surface area contributed by atoms with Crippen LogP contribution in [0.15, 0.2) is 35.7 Å². The Morgan fingerprint density at radius 3 is 2.79 bits per heavy atom. The predicted octanol–water partition coefficient (Wildman–Crippen LogP) is 4.15. The number of carboxylic acids is 1. The minimum absolute atomic E-state index is 0.0326. The smallest absolute Gasteiger partial charge is 0.335 e. The molecule has 0 aliphatic carbocycles. The summed E-state index contributed by atoms with van der Waals surface area (Å²) >= 11 is 1.61. The highest BCUT2D eigenvalue weighted by Crippen LogP contribution is 2.27. The van der Waals surface area contributed by atoms with Gasteiger partial charge >= 0.3 is 5.97 Å². The van der Waals surface area contributed by atoms with Crippen LogP contribution in [0.3, 0.4) is 0 Å². The summed E-state index contributed by atoms with van der Waals surface area (Å²) in [5.74, 6) is -1.68. The van der Waals surface area contributed by atoms with E-state index in [-0.39, 0.29) is 11.6 Å². The summed E-state index contributed by atoms with van der Waals surface area (Å²) in [6, 6.07) is 7.88. The van der Waals surface area contributed by atoms with Crippen LogP contribution in [0, 0.1) is 5.82 Å². The SMILES string of the molecule is CCC(Nc1ccc(C(=O)O)cc1F)c1cccs1. The lowest BCUT2D eigenvalue weighted by Gasteiger charge is -2.17. The number of halogens is 1. The molecule has 0 aliphatic heterocycles. The first-order valence-corrected chi connectivity index (χ1v) is 6.82. The number of anilines is 1. The average Bonchev–Trinajstić information content (AvgIpc) is 2.91. The van der Waals surface area contributed by atoms with Gasteiger partial charge in [-0.25, -0.2) is 9.18 Å². The third kappa shape index (κ3) is 3.12. The first-order chi connectivity index (χ1) is 9.11. The van der Waals surface area contributed by atoms with Gasteiger partial charge in [-0.05, 0) is 36.1 Å². The van der Waals surface area contributed by atoms with E-state index in [1.807, 2.05) is 24.4 Å². The zero-order valence-corrected chi connectivity index (χ0v) is 11.2. The van der Waals surface area contributed by atoms with Crippen molar-refractivity contribution in [3.63, 3.8) is 0 Å². The van der Waals surface area contributed by atoms with Gasteiger partial charge in [-0.3, -0.25) is 0 Å². The van der Waals surface area contributed by atoms with Gasteiger partial charge in [0.2, 0.25) is 0 Å². The number of aromatic carboxylic acids is 1. The average molecular weight is 279 g/mol. The highest BCUT2D eigenvalue weighted by Gasteiger charge is 2.14. The summed E-state index contributed by atoms with van der Waals surface area (Å²) in [4.78, 5) is 11.9. The Morgan fingerprint density at radius 2 is 2.26 bits per heavy atom. The van der Waals surface area contributed by atoms with Crippen LogP contribution in [0.5, 0.6) is 0 Å². The van der Waals surface area contributed by atoms with Gasteiger partial charge in [-0.1, -0.05) is 13.0 Å². The molecule has 5 heteroatoms. The lowest BCUT2D eigenvalue weighted by molar-refractivity contribution is 0.0696. The van der Waals surface area contributed by atoms with Crippen LogP contribution < -0.4 is 5.32 Å². The molecule has 0 spiro atoms. The maximum Gasteiger partial charge on any atom is 0.335 e. The van der Waals surface area contributed by atoms with Crippen molar-refractivity contribution in [1.29, 1.82) is 0 Å². The molecule has 2 N–H and O–H groups in total. The van der Waals surface area contributed by atoms with E-state index in [0.29, 0.717) is 5.69 Å². The third-order valence-corrected chi connectivity index (χ3v) is 3.83. The summed E-state index contributed by atoms with van der Waals surface area (Å²) in [5, 5.41) is 13.9. The Hall–Kier alpha value is -1.88. The van der Waals surface area contributed by atoms with Gasteiger partial charge in [0, 0.05) is 4.88 Å². The molecule has 0 saturated heterocycles. The molecule has 2 aromatic rings. The summed E-state index contributed by atoms with van der Waals surface area (Å²) in [5.41, 5.74) is 0.275. The second-order valence-electron chi connectivity index (χ2n) is 4.12. The molecular weight excluding hydrogens is 265 g/mol. The fourth-order valence-corrected chi connectivity index (χ4v) is 2.68. The van der Waals surface area contributed by atoms with Gasteiger partial charge < -0.3 is 10.4 Å². The van der Waals surface area contributed by atoms with Crippen molar-refractivity contribution in [2.24, 2.45) is 0 Å². The van der Waals surface area contributed by atoms with Crippen LogP contribution in [-0.2, 0) is 0 Å². The molecule has 0 radical (unpaired) electrons. The fraction of sp³-hybridized carbons (Fsp3) is 0.214. The first-order valence-electron chi connectivity index (χ1n) is 5.94. The molecule has 0 saturated carbocycles. The number of thiophene rings is 1. The number of benzene rings is 1. The zero-order valence-electron chi connectivity index (χ0n) is 10.4. The highest BCUT2D eigenvalue weighted by atomic mass is 32.1. The molecule has 1 unspecified atom stereocenters. The number of rotatable bonds is 5. The minimum atomic E-state index is -1.13. The van der Waals surface area contributed by atoms with Crippen LogP contribution in [-0.4, -0.2) is 11.1 Å². The first kappa shape index (κ1) is 13.5. The van der Waals surface area contributed by atoms with E-state index in [1.54, 1.807) is 11.3 Å². The number of nitrogens with one attached hydrogen (secondary N) is 1. The zero-order chi connectivity index (χ0) is 13.8. The van der Waals surface area contributed by atoms with Crippen molar-refractivity contribution in [1.82, 2.24) is 0 Å². The van der Waals surface area contributed by atoms with Crippen molar-refractivity contribution >= 4 is 23.0 Å². The third-order valence-electron chi connectivity index (χ3n) is 2.84. The molecule has 0 fully saturated rings. The molecule has 19 heavy (non-hydrogen) atoms. The Balaban J connectivity index is 2.21. The van der Waals surface area contributed by atoms with E-state index in [2.05, 4.69) is 5.32 Å². The van der Waals surface area contributed by atoms with Gasteiger partial charge in [0.05, 0.1) is 17.3 Å². The van der Waals surface area contributed by atoms with Crippen molar-refractivity contribution < 1.29 is 14.3 Å². The van der Waals surface area contributed by atoms with Crippen LogP contribution in [0.4, 0.5) is 10.1 Å². The summed E-state index contributed by atoms with van der Waals surface area (Å²) < 4.78 is 13.8. The molecule has 0 aliphatic rings. The Morgan fingerprint density at radius 1 is 1.47 bits per heavy atom. The minimum Gasteiger partial charge on any atom is -0.478 e. The lowest BCUT2D eigenvalue weighted by Crippen LogP contribution is -2.10. The maximum absolute atomic E-state index is 13.8. The highest BCUT2D eigenvalue weighted by molar-refractivity contribution is 7.10.